The molecule has 0 atom stereocenters. The van der Waals surface area contributed by atoms with Gasteiger partial charge in [-0.3, -0.25) is 13.8 Å². The van der Waals surface area contributed by atoms with Gasteiger partial charge in [-0.05, 0) is 38.2 Å². The minimum atomic E-state index is -0.0397. The molecule has 0 aliphatic rings. The molecule has 0 bridgehead atoms. The van der Waals surface area contributed by atoms with Crippen LogP contribution >= 0.6 is 12.2 Å². The van der Waals surface area contributed by atoms with Crippen molar-refractivity contribution in [3.05, 3.63) is 39.4 Å². The van der Waals surface area contributed by atoms with Crippen LogP contribution in [0.3, 0.4) is 0 Å². The lowest BCUT2D eigenvalue weighted by molar-refractivity contribution is 0.588. The molecular formula is C12H12N4OS. The summed E-state index contributed by atoms with van der Waals surface area (Å²) in [4.78, 5) is 12.5. The Labute approximate surface area is 108 Å². The van der Waals surface area contributed by atoms with E-state index in [1.807, 2.05) is 38.1 Å². The fourth-order valence-electron chi connectivity index (χ4n) is 2.20. The second-order valence-corrected chi connectivity index (χ2v) is 4.84. The fraction of sp³-hybridized carbons (Fsp3) is 0.250. The van der Waals surface area contributed by atoms with Gasteiger partial charge in [0.15, 0.2) is 0 Å². The topological polar surface area (TPSA) is 55.1 Å². The first kappa shape index (κ1) is 11.2. The van der Waals surface area contributed by atoms with Gasteiger partial charge in [0.1, 0.15) is 0 Å². The first-order valence-corrected chi connectivity index (χ1v) is 6.12. The van der Waals surface area contributed by atoms with Crippen molar-refractivity contribution in [2.45, 2.75) is 19.9 Å². The molecule has 5 nitrogen and oxygen atoms in total. The van der Waals surface area contributed by atoms with Crippen molar-refractivity contribution in [3.8, 4) is 0 Å². The number of benzene rings is 1. The Morgan fingerprint density at radius 1 is 1.33 bits per heavy atom. The molecule has 0 aliphatic heterocycles. The van der Waals surface area contributed by atoms with Gasteiger partial charge in [0.05, 0.1) is 10.9 Å². The van der Waals surface area contributed by atoms with Crippen molar-refractivity contribution < 1.29 is 0 Å². The molecule has 0 unspecified atom stereocenters. The molecule has 0 aliphatic carbocycles. The van der Waals surface area contributed by atoms with E-state index in [2.05, 4.69) is 10.2 Å². The smallest absolute Gasteiger partial charge is 0.263 e. The lowest BCUT2D eigenvalue weighted by Gasteiger charge is -2.12. The summed E-state index contributed by atoms with van der Waals surface area (Å²) < 4.78 is 3.94. The number of hydrogen-bond donors (Lipinski definition) is 1. The zero-order chi connectivity index (χ0) is 12.9. The van der Waals surface area contributed by atoms with Gasteiger partial charge in [0.2, 0.25) is 10.5 Å². The molecule has 1 N–H and O–H groups in total. The zero-order valence-electron chi connectivity index (χ0n) is 10.0. The van der Waals surface area contributed by atoms with Crippen LogP contribution in [0.2, 0.25) is 0 Å². The van der Waals surface area contributed by atoms with Crippen LogP contribution in [0.1, 0.15) is 19.9 Å². The third-order valence-corrected chi connectivity index (χ3v) is 3.25. The second-order valence-electron chi connectivity index (χ2n) is 4.45. The van der Waals surface area contributed by atoms with Gasteiger partial charge in [0.25, 0.3) is 5.56 Å². The molecule has 6 heteroatoms. The first-order valence-electron chi connectivity index (χ1n) is 5.71. The number of nitrogens with zero attached hydrogens (tertiary/aromatic N) is 3. The molecule has 2 heterocycles. The SMILES string of the molecule is CC(C)n1c(=O)c2ccccc2n2c(=S)[nH]nc12. The molecule has 0 amide bonds. The van der Waals surface area contributed by atoms with Gasteiger partial charge >= 0.3 is 0 Å². The van der Waals surface area contributed by atoms with Crippen LogP contribution in [0.4, 0.5) is 0 Å². The number of H-pyrrole nitrogens is 1. The zero-order valence-corrected chi connectivity index (χ0v) is 10.9. The summed E-state index contributed by atoms with van der Waals surface area (Å²) in [5.74, 6) is 0.554. The minimum absolute atomic E-state index is 0.0230. The lowest BCUT2D eigenvalue weighted by atomic mass is 10.2. The summed E-state index contributed by atoms with van der Waals surface area (Å²) in [7, 11) is 0. The number of nitrogens with one attached hydrogen (secondary N) is 1. The maximum atomic E-state index is 12.5. The predicted molar refractivity (Wildman–Crippen MR) is 72.5 cm³/mol. The number of rotatable bonds is 1. The Hall–Kier alpha value is -1.95. The van der Waals surface area contributed by atoms with E-state index in [0.717, 1.165) is 5.52 Å². The summed E-state index contributed by atoms with van der Waals surface area (Å²) in [6, 6.07) is 7.44. The molecule has 0 radical (unpaired) electrons. The van der Waals surface area contributed by atoms with Crippen molar-refractivity contribution in [2.24, 2.45) is 0 Å². The highest BCUT2D eigenvalue weighted by molar-refractivity contribution is 7.71. The summed E-state index contributed by atoms with van der Waals surface area (Å²) >= 11 is 5.23. The van der Waals surface area contributed by atoms with Crippen LogP contribution in [-0.2, 0) is 0 Å². The van der Waals surface area contributed by atoms with Crippen molar-refractivity contribution in [2.75, 3.05) is 0 Å². The molecule has 1 aromatic carbocycles. The van der Waals surface area contributed by atoms with E-state index < -0.39 is 0 Å². The Morgan fingerprint density at radius 3 is 2.78 bits per heavy atom. The maximum Gasteiger partial charge on any atom is 0.263 e. The largest absolute Gasteiger partial charge is 0.274 e. The summed E-state index contributed by atoms with van der Waals surface area (Å²) in [6.07, 6.45) is 0. The fourth-order valence-corrected chi connectivity index (χ4v) is 2.43. The Balaban J connectivity index is 2.73. The van der Waals surface area contributed by atoms with Crippen LogP contribution in [-0.4, -0.2) is 19.2 Å². The normalized spacial score (nSPS) is 11.7. The molecule has 0 fully saturated rings. The van der Waals surface area contributed by atoms with E-state index in [1.165, 1.54) is 0 Å². The van der Waals surface area contributed by atoms with Gasteiger partial charge in [-0.2, -0.15) is 0 Å². The minimum Gasteiger partial charge on any atom is -0.274 e. The van der Waals surface area contributed by atoms with E-state index in [0.29, 0.717) is 15.9 Å². The summed E-state index contributed by atoms with van der Waals surface area (Å²) in [5.41, 5.74) is 0.746. The van der Waals surface area contributed by atoms with Crippen molar-refractivity contribution in [1.29, 1.82) is 0 Å². The van der Waals surface area contributed by atoms with Crippen LogP contribution in [0.25, 0.3) is 16.7 Å². The third kappa shape index (κ3) is 1.35. The molecule has 3 aromatic rings. The molecule has 0 saturated carbocycles. The molecule has 92 valence electrons. The molecular weight excluding hydrogens is 248 g/mol. The van der Waals surface area contributed by atoms with E-state index in [1.54, 1.807) is 8.97 Å². The Bertz CT molecular complexity index is 856. The van der Waals surface area contributed by atoms with Gasteiger partial charge in [0, 0.05) is 6.04 Å². The van der Waals surface area contributed by atoms with Gasteiger partial charge in [-0.25, -0.2) is 5.10 Å². The van der Waals surface area contributed by atoms with Crippen molar-refractivity contribution >= 4 is 28.9 Å². The van der Waals surface area contributed by atoms with E-state index in [-0.39, 0.29) is 11.6 Å². The molecule has 18 heavy (non-hydrogen) atoms. The highest BCUT2D eigenvalue weighted by atomic mass is 32.1. The molecule has 2 aromatic heterocycles. The molecule has 0 saturated heterocycles. The van der Waals surface area contributed by atoms with Crippen LogP contribution in [0.15, 0.2) is 29.1 Å². The van der Waals surface area contributed by atoms with Crippen LogP contribution < -0.4 is 5.56 Å². The highest BCUT2D eigenvalue weighted by Gasteiger charge is 2.14. The summed E-state index contributed by atoms with van der Waals surface area (Å²) in [5, 5.41) is 7.56. The Morgan fingerprint density at radius 2 is 2.06 bits per heavy atom. The average Bonchev–Trinajstić information content (AvgIpc) is 2.71. The van der Waals surface area contributed by atoms with E-state index in [4.69, 9.17) is 12.2 Å². The average molecular weight is 260 g/mol. The number of aromatic amines is 1. The standard InChI is InChI=1S/C12H12N4OS/c1-7(2)15-10(17)8-5-3-4-6-9(8)16-11(15)13-14-12(16)18/h3-7H,1-2H3,(H,14,18). The molecule has 3 rings (SSSR count). The third-order valence-electron chi connectivity index (χ3n) is 2.98. The predicted octanol–water partition coefficient (Wildman–Crippen LogP) is 2.29. The number of aromatic nitrogens is 4. The van der Waals surface area contributed by atoms with Crippen molar-refractivity contribution in [1.82, 2.24) is 19.2 Å². The van der Waals surface area contributed by atoms with Crippen molar-refractivity contribution in [3.63, 3.8) is 0 Å². The van der Waals surface area contributed by atoms with Gasteiger partial charge in [-0.15, -0.1) is 5.10 Å². The second kappa shape index (κ2) is 3.78. The number of para-hydroxylation sites is 1. The maximum absolute atomic E-state index is 12.5. The quantitative estimate of drug-likeness (QED) is 0.683. The number of hydrogen-bond acceptors (Lipinski definition) is 3. The summed E-state index contributed by atoms with van der Waals surface area (Å²) in [6.45, 7) is 3.90. The van der Waals surface area contributed by atoms with Gasteiger partial charge in [-0.1, -0.05) is 12.1 Å². The van der Waals surface area contributed by atoms with Gasteiger partial charge < -0.3 is 0 Å². The van der Waals surface area contributed by atoms with Crippen LogP contribution in [0.5, 0.6) is 0 Å². The monoisotopic (exact) mass is 260 g/mol. The van der Waals surface area contributed by atoms with Crippen LogP contribution in [0, 0.1) is 4.77 Å². The number of fused-ring (bicyclic) bond motifs is 3. The molecule has 0 spiro atoms. The highest BCUT2D eigenvalue weighted by Crippen LogP contribution is 2.15. The first-order chi connectivity index (χ1) is 8.61. The lowest BCUT2D eigenvalue weighted by Crippen LogP contribution is -2.24. The van der Waals surface area contributed by atoms with E-state index >= 15 is 0 Å². The Kier molecular flexibility index (Phi) is 2.34. The van der Waals surface area contributed by atoms with E-state index in [9.17, 15) is 4.79 Å².